The maximum Gasteiger partial charge on any atom is 0.306 e. The van der Waals surface area contributed by atoms with E-state index in [1.165, 1.54) is 193 Å². The topological polar surface area (TPSA) is 78.9 Å². The molecule has 0 aromatic carbocycles. The Labute approximate surface area is 423 Å². The number of hydrogen-bond donors (Lipinski definition) is 0. The molecule has 1 atom stereocenters. The van der Waals surface area contributed by atoms with Gasteiger partial charge < -0.3 is 14.2 Å². The minimum Gasteiger partial charge on any atom is -0.462 e. The summed E-state index contributed by atoms with van der Waals surface area (Å²) in [6, 6.07) is 0. The average molecular weight is 956 g/mol. The second-order valence-corrected chi connectivity index (χ2v) is 20.2. The second-order valence-electron chi connectivity index (χ2n) is 20.2. The van der Waals surface area contributed by atoms with E-state index in [1.54, 1.807) is 0 Å². The summed E-state index contributed by atoms with van der Waals surface area (Å²) in [5.74, 6) is -0.913. The first-order valence-electron chi connectivity index (χ1n) is 30.0. The molecule has 0 aliphatic rings. The summed E-state index contributed by atoms with van der Waals surface area (Å²) >= 11 is 0. The van der Waals surface area contributed by atoms with E-state index in [1.807, 2.05) is 0 Å². The van der Waals surface area contributed by atoms with Crippen LogP contribution in [0.5, 0.6) is 0 Å². The highest BCUT2D eigenvalue weighted by Gasteiger charge is 2.19. The summed E-state index contributed by atoms with van der Waals surface area (Å²) in [6.07, 6.45) is 69.4. The molecule has 0 aliphatic carbocycles. The largest absolute Gasteiger partial charge is 0.462 e. The summed E-state index contributed by atoms with van der Waals surface area (Å²) in [4.78, 5) is 37.7. The van der Waals surface area contributed by atoms with E-state index < -0.39 is 6.10 Å². The molecule has 0 heterocycles. The molecule has 0 fully saturated rings. The fraction of sp³-hybridized carbons (Fsp3) is 0.855. The van der Waals surface area contributed by atoms with Crippen LogP contribution in [0, 0.1) is 0 Å². The van der Waals surface area contributed by atoms with Crippen molar-refractivity contribution in [3.05, 3.63) is 36.5 Å². The highest BCUT2D eigenvalue weighted by molar-refractivity contribution is 5.71. The van der Waals surface area contributed by atoms with Crippen molar-refractivity contribution in [2.24, 2.45) is 0 Å². The maximum atomic E-state index is 12.7. The summed E-state index contributed by atoms with van der Waals surface area (Å²) < 4.78 is 16.7. The van der Waals surface area contributed by atoms with Gasteiger partial charge in [-0.25, -0.2) is 0 Å². The number of rotatable bonds is 55. The molecule has 0 spiro atoms. The Morgan fingerprint density at radius 2 is 0.574 bits per heavy atom. The minimum atomic E-state index is -0.780. The Morgan fingerprint density at radius 1 is 0.309 bits per heavy atom. The molecule has 0 N–H and O–H groups in total. The Kier molecular flexibility index (Phi) is 55.2. The van der Waals surface area contributed by atoms with Crippen LogP contribution in [0.15, 0.2) is 36.5 Å². The highest BCUT2D eigenvalue weighted by atomic mass is 16.6. The van der Waals surface area contributed by atoms with Crippen molar-refractivity contribution >= 4 is 17.9 Å². The number of ether oxygens (including phenoxy) is 3. The van der Waals surface area contributed by atoms with Crippen molar-refractivity contribution in [2.75, 3.05) is 13.2 Å². The molecule has 0 bridgehead atoms. The van der Waals surface area contributed by atoms with Crippen LogP contribution in [-0.2, 0) is 28.6 Å². The van der Waals surface area contributed by atoms with E-state index in [0.717, 1.165) is 89.9 Å². The van der Waals surface area contributed by atoms with Crippen LogP contribution in [0.4, 0.5) is 0 Å². The standard InChI is InChI=1S/C62H114O6/c1-4-7-10-13-15-17-19-21-22-23-24-25-26-27-28-29-30-31-32-33-34-35-36-37-38-39-41-42-44-46-49-52-55-61(64)67-58-59(57-66-60(63)54-51-48-12-9-6-3)68-62(65)56-53-50-47-45-43-40-20-18-16-14-11-8-5-2/h8,11,16,18,40,43,59H,4-7,9-10,12-15,17,19-39,41-42,44-58H2,1-3H3/b11-8-,18-16-,43-40-. The van der Waals surface area contributed by atoms with Crippen molar-refractivity contribution in [3.8, 4) is 0 Å². The molecule has 6 heteroatoms. The van der Waals surface area contributed by atoms with Gasteiger partial charge in [-0.15, -0.1) is 0 Å². The zero-order chi connectivity index (χ0) is 49.3. The molecule has 0 saturated heterocycles. The van der Waals surface area contributed by atoms with E-state index >= 15 is 0 Å². The Hall–Kier alpha value is -2.37. The Bertz CT molecular complexity index is 1140. The van der Waals surface area contributed by atoms with Crippen molar-refractivity contribution in [2.45, 2.75) is 329 Å². The lowest BCUT2D eigenvalue weighted by Gasteiger charge is -2.18. The van der Waals surface area contributed by atoms with Crippen molar-refractivity contribution < 1.29 is 28.6 Å². The fourth-order valence-electron chi connectivity index (χ4n) is 8.93. The van der Waals surface area contributed by atoms with Crippen LogP contribution in [0.1, 0.15) is 323 Å². The highest BCUT2D eigenvalue weighted by Crippen LogP contribution is 2.18. The molecular formula is C62H114O6. The molecule has 1 unspecified atom stereocenters. The smallest absolute Gasteiger partial charge is 0.306 e. The first-order valence-corrected chi connectivity index (χ1v) is 30.0. The lowest BCUT2D eigenvalue weighted by molar-refractivity contribution is -0.167. The molecule has 0 rings (SSSR count). The minimum absolute atomic E-state index is 0.0812. The molecule has 0 aromatic rings. The number of allylic oxidation sites excluding steroid dienone is 6. The number of carbonyl (C=O) groups excluding carboxylic acids is 3. The van der Waals surface area contributed by atoms with Gasteiger partial charge in [-0.2, -0.15) is 0 Å². The number of hydrogen-bond acceptors (Lipinski definition) is 6. The molecule has 0 radical (unpaired) electrons. The molecule has 0 saturated carbocycles. The van der Waals surface area contributed by atoms with Crippen LogP contribution in [-0.4, -0.2) is 37.2 Å². The summed E-state index contributed by atoms with van der Waals surface area (Å²) in [5, 5.41) is 0. The SMILES string of the molecule is CC/C=C\C/C=C\C/C=C\CCCCCC(=O)OC(COC(=O)CCCCCCC)COC(=O)CCCCCCCCCCCCCCCCCCCCCCCCCCCCCCCCCC. The molecule has 0 aliphatic heterocycles. The fourth-order valence-corrected chi connectivity index (χ4v) is 8.93. The van der Waals surface area contributed by atoms with Crippen molar-refractivity contribution in [1.82, 2.24) is 0 Å². The molecule has 0 amide bonds. The summed E-state index contributed by atoms with van der Waals surface area (Å²) in [6.45, 7) is 6.45. The first-order chi connectivity index (χ1) is 33.5. The van der Waals surface area contributed by atoms with Gasteiger partial charge in [0.05, 0.1) is 0 Å². The van der Waals surface area contributed by atoms with Crippen molar-refractivity contribution in [1.29, 1.82) is 0 Å². The van der Waals surface area contributed by atoms with Crippen LogP contribution in [0.2, 0.25) is 0 Å². The monoisotopic (exact) mass is 955 g/mol. The van der Waals surface area contributed by atoms with Gasteiger partial charge in [-0.1, -0.05) is 288 Å². The first kappa shape index (κ1) is 65.6. The zero-order valence-corrected chi connectivity index (χ0v) is 45.6. The predicted octanol–water partition coefficient (Wildman–Crippen LogP) is 20.0. The predicted molar refractivity (Wildman–Crippen MR) is 293 cm³/mol. The van der Waals surface area contributed by atoms with Gasteiger partial charge in [0.25, 0.3) is 0 Å². The van der Waals surface area contributed by atoms with E-state index in [9.17, 15) is 14.4 Å². The normalized spacial score (nSPS) is 12.2. The third-order valence-electron chi connectivity index (χ3n) is 13.4. The van der Waals surface area contributed by atoms with Crippen LogP contribution in [0.3, 0.4) is 0 Å². The van der Waals surface area contributed by atoms with Gasteiger partial charge in [0.2, 0.25) is 0 Å². The van der Waals surface area contributed by atoms with E-state index in [2.05, 4.69) is 57.2 Å². The van der Waals surface area contributed by atoms with Gasteiger partial charge in [0.15, 0.2) is 6.10 Å². The van der Waals surface area contributed by atoms with Gasteiger partial charge in [0, 0.05) is 19.3 Å². The van der Waals surface area contributed by atoms with Gasteiger partial charge in [-0.3, -0.25) is 14.4 Å². The van der Waals surface area contributed by atoms with Gasteiger partial charge in [0.1, 0.15) is 13.2 Å². The van der Waals surface area contributed by atoms with Crippen LogP contribution in [0.25, 0.3) is 0 Å². The van der Waals surface area contributed by atoms with Crippen LogP contribution < -0.4 is 0 Å². The maximum absolute atomic E-state index is 12.7. The Morgan fingerprint density at radius 3 is 0.897 bits per heavy atom. The molecule has 68 heavy (non-hydrogen) atoms. The van der Waals surface area contributed by atoms with E-state index in [0.29, 0.717) is 19.3 Å². The molecular weight excluding hydrogens is 841 g/mol. The lowest BCUT2D eigenvalue weighted by Crippen LogP contribution is -2.30. The number of unbranched alkanes of at least 4 members (excludes halogenated alkanes) is 38. The number of esters is 3. The third-order valence-corrected chi connectivity index (χ3v) is 13.4. The second kappa shape index (κ2) is 57.2. The number of carbonyl (C=O) groups is 3. The molecule has 0 aromatic heterocycles. The van der Waals surface area contributed by atoms with E-state index in [4.69, 9.17) is 14.2 Å². The summed E-state index contributed by atoms with van der Waals surface area (Å²) in [5.41, 5.74) is 0. The summed E-state index contributed by atoms with van der Waals surface area (Å²) in [7, 11) is 0. The van der Waals surface area contributed by atoms with E-state index in [-0.39, 0.29) is 31.1 Å². The van der Waals surface area contributed by atoms with Crippen LogP contribution >= 0.6 is 0 Å². The quantitative estimate of drug-likeness (QED) is 0.0262. The zero-order valence-electron chi connectivity index (χ0n) is 45.6. The Balaban J connectivity index is 3.87. The average Bonchev–Trinajstić information content (AvgIpc) is 3.34. The van der Waals surface area contributed by atoms with Gasteiger partial charge >= 0.3 is 17.9 Å². The van der Waals surface area contributed by atoms with Gasteiger partial charge in [-0.05, 0) is 51.4 Å². The third kappa shape index (κ3) is 54.6. The molecule has 398 valence electrons. The molecule has 6 nitrogen and oxygen atoms in total. The van der Waals surface area contributed by atoms with Crippen molar-refractivity contribution in [3.63, 3.8) is 0 Å². The lowest BCUT2D eigenvalue weighted by atomic mass is 10.0.